The van der Waals surface area contributed by atoms with Crippen molar-refractivity contribution in [1.82, 2.24) is 24.9 Å². The highest BCUT2D eigenvalue weighted by molar-refractivity contribution is 9.10. The zero-order chi connectivity index (χ0) is 23.5. The molecule has 33 heavy (non-hydrogen) atoms. The van der Waals surface area contributed by atoms with E-state index in [0.717, 1.165) is 64.6 Å². The smallest absolute Gasteiger partial charge is 0.408 e. The molecule has 1 N–H and O–H groups in total. The summed E-state index contributed by atoms with van der Waals surface area (Å²) >= 11 is 11.3. The van der Waals surface area contributed by atoms with Gasteiger partial charge in [-0.2, -0.15) is 5.10 Å². The fourth-order valence-electron chi connectivity index (χ4n) is 4.95. The summed E-state index contributed by atoms with van der Waals surface area (Å²) in [7, 11) is 0. The molecular formula is C22H26BrClN6O2S. The van der Waals surface area contributed by atoms with E-state index in [0.29, 0.717) is 4.47 Å². The van der Waals surface area contributed by atoms with E-state index in [1.54, 1.807) is 6.20 Å². The van der Waals surface area contributed by atoms with Crippen LogP contribution in [0.15, 0.2) is 16.9 Å². The lowest BCUT2D eigenvalue weighted by Crippen LogP contribution is -2.48. The summed E-state index contributed by atoms with van der Waals surface area (Å²) < 4.78 is 8.83. The second-order valence-electron chi connectivity index (χ2n) is 9.82. The van der Waals surface area contributed by atoms with Gasteiger partial charge in [-0.05, 0) is 69.0 Å². The fourth-order valence-corrected chi connectivity index (χ4v) is 6.67. The van der Waals surface area contributed by atoms with Crippen molar-refractivity contribution in [1.29, 1.82) is 0 Å². The Morgan fingerprint density at radius 1 is 1.33 bits per heavy atom. The molecular weight excluding hydrogens is 528 g/mol. The van der Waals surface area contributed by atoms with Crippen LogP contribution in [0.2, 0.25) is 4.47 Å². The summed E-state index contributed by atoms with van der Waals surface area (Å²) in [6, 6.07) is 1.77. The van der Waals surface area contributed by atoms with Gasteiger partial charge in [-0.1, -0.05) is 11.6 Å². The molecule has 1 aliphatic carbocycles. The molecule has 0 aromatic carbocycles. The number of piperidine rings is 1. The van der Waals surface area contributed by atoms with Crippen LogP contribution in [0.25, 0.3) is 5.52 Å². The number of aryl methyl sites for hydroxylation is 1. The third-order valence-electron chi connectivity index (χ3n) is 6.45. The number of hydrogen-bond acceptors (Lipinski definition) is 7. The molecule has 1 saturated heterocycles. The van der Waals surface area contributed by atoms with Crippen molar-refractivity contribution >= 4 is 56.3 Å². The molecule has 1 aliphatic heterocycles. The van der Waals surface area contributed by atoms with Crippen LogP contribution < -0.4 is 10.2 Å². The molecule has 8 nitrogen and oxygen atoms in total. The van der Waals surface area contributed by atoms with Crippen molar-refractivity contribution in [2.45, 2.75) is 58.6 Å². The first-order chi connectivity index (χ1) is 15.6. The highest BCUT2D eigenvalue weighted by atomic mass is 79.9. The number of anilines is 1. The third kappa shape index (κ3) is 4.10. The number of halogens is 2. The van der Waals surface area contributed by atoms with Crippen LogP contribution in [0.1, 0.15) is 55.9 Å². The van der Waals surface area contributed by atoms with Crippen LogP contribution >= 0.6 is 38.9 Å². The maximum atomic E-state index is 12.7. The maximum Gasteiger partial charge on any atom is 0.408 e. The van der Waals surface area contributed by atoms with E-state index < -0.39 is 11.7 Å². The summed E-state index contributed by atoms with van der Waals surface area (Å²) in [6.45, 7) is 9.22. The number of hydrogen-bond donors (Lipinski definition) is 1. The predicted molar refractivity (Wildman–Crippen MR) is 132 cm³/mol. The molecule has 2 aliphatic rings. The highest BCUT2D eigenvalue weighted by Crippen LogP contribution is 2.54. The Morgan fingerprint density at radius 2 is 2.06 bits per heavy atom. The Hall–Kier alpha value is -1.91. The normalized spacial score (nSPS) is 19.8. The number of carbonyl (C=O) groups excluding carboxylic acids is 1. The summed E-state index contributed by atoms with van der Waals surface area (Å²) in [5.74, 6) is 0.939. The number of ether oxygens (including phenoxy) is 1. The van der Waals surface area contributed by atoms with E-state index in [1.165, 1.54) is 11.3 Å². The van der Waals surface area contributed by atoms with Gasteiger partial charge in [0.15, 0.2) is 10.3 Å². The van der Waals surface area contributed by atoms with Gasteiger partial charge >= 0.3 is 6.09 Å². The second kappa shape index (κ2) is 8.09. The number of aromatic nitrogens is 4. The number of rotatable bonds is 2. The molecule has 1 amide bonds. The quantitative estimate of drug-likeness (QED) is 0.462. The highest BCUT2D eigenvalue weighted by Gasteiger charge is 2.51. The average molecular weight is 554 g/mol. The summed E-state index contributed by atoms with van der Waals surface area (Å²) in [4.78, 5) is 25.6. The number of alkyl carbamates (subject to hydrolysis) is 1. The van der Waals surface area contributed by atoms with Gasteiger partial charge in [0.05, 0.1) is 23.6 Å². The molecule has 4 heterocycles. The molecule has 0 unspecified atom stereocenters. The van der Waals surface area contributed by atoms with Crippen molar-refractivity contribution in [2.75, 3.05) is 18.0 Å². The van der Waals surface area contributed by atoms with Gasteiger partial charge in [0.1, 0.15) is 15.7 Å². The number of amides is 1. The Labute approximate surface area is 209 Å². The lowest BCUT2D eigenvalue weighted by atomic mass is 9.73. The van der Waals surface area contributed by atoms with Gasteiger partial charge in [0.2, 0.25) is 0 Å². The minimum absolute atomic E-state index is 0.118. The molecule has 3 aromatic heterocycles. The van der Waals surface area contributed by atoms with E-state index in [1.807, 2.05) is 38.3 Å². The van der Waals surface area contributed by atoms with Crippen molar-refractivity contribution < 1.29 is 9.53 Å². The molecule has 1 spiro atoms. The van der Waals surface area contributed by atoms with Crippen molar-refractivity contribution in [3.63, 3.8) is 0 Å². The molecule has 0 bridgehead atoms. The molecule has 1 fully saturated rings. The molecule has 0 radical (unpaired) electrons. The van der Waals surface area contributed by atoms with E-state index in [-0.39, 0.29) is 11.5 Å². The number of nitrogens with one attached hydrogen (secondary N) is 1. The van der Waals surface area contributed by atoms with Crippen molar-refractivity contribution in [3.8, 4) is 0 Å². The Bertz CT molecular complexity index is 1230. The Kier molecular flexibility index (Phi) is 5.61. The zero-order valence-electron chi connectivity index (χ0n) is 19.0. The summed E-state index contributed by atoms with van der Waals surface area (Å²) in [5.41, 5.74) is 2.08. The number of thiazole rings is 1. The van der Waals surface area contributed by atoms with Crippen LogP contribution in [-0.4, -0.2) is 44.4 Å². The maximum absolute atomic E-state index is 12.7. The van der Waals surface area contributed by atoms with E-state index in [2.05, 4.69) is 36.2 Å². The van der Waals surface area contributed by atoms with Gasteiger partial charge < -0.3 is 15.0 Å². The third-order valence-corrected chi connectivity index (χ3v) is 8.53. The fraction of sp³-hybridized carbons (Fsp3) is 0.545. The van der Waals surface area contributed by atoms with Crippen molar-refractivity contribution in [3.05, 3.63) is 37.6 Å². The minimum Gasteiger partial charge on any atom is -0.444 e. The van der Waals surface area contributed by atoms with E-state index in [9.17, 15) is 4.79 Å². The SMILES string of the molecule is Cc1nc(N2CCC3(CC2)Cc2sc(Cl)nc2[C@H]3NC(=O)OC(C)(C)C)c2ccnn2c1Br. The Morgan fingerprint density at radius 3 is 2.76 bits per heavy atom. The van der Waals surface area contributed by atoms with Gasteiger partial charge in [-0.25, -0.2) is 19.3 Å². The Balaban J connectivity index is 1.41. The zero-order valence-corrected chi connectivity index (χ0v) is 22.1. The van der Waals surface area contributed by atoms with E-state index >= 15 is 0 Å². The van der Waals surface area contributed by atoms with Crippen LogP contribution in [0.5, 0.6) is 0 Å². The number of carbonyl (C=O) groups is 1. The van der Waals surface area contributed by atoms with Crippen molar-refractivity contribution in [2.24, 2.45) is 5.41 Å². The van der Waals surface area contributed by atoms with E-state index in [4.69, 9.17) is 21.3 Å². The van der Waals surface area contributed by atoms with Crippen LogP contribution in [0.4, 0.5) is 10.6 Å². The van der Waals surface area contributed by atoms with Gasteiger partial charge in [0, 0.05) is 23.4 Å². The van der Waals surface area contributed by atoms with Crippen LogP contribution in [-0.2, 0) is 11.2 Å². The largest absolute Gasteiger partial charge is 0.444 e. The molecule has 0 saturated carbocycles. The topological polar surface area (TPSA) is 84.7 Å². The molecule has 1 atom stereocenters. The molecule has 3 aromatic rings. The van der Waals surface area contributed by atoms with Crippen LogP contribution in [0.3, 0.4) is 0 Å². The first-order valence-electron chi connectivity index (χ1n) is 11.0. The summed E-state index contributed by atoms with van der Waals surface area (Å²) in [5, 5.41) is 7.56. The van der Waals surface area contributed by atoms with Gasteiger partial charge in [-0.15, -0.1) is 11.3 Å². The number of nitrogens with zero attached hydrogens (tertiary/aromatic N) is 5. The standard InChI is InChI=1S/C22H26BrClN6O2S/c1-12-17(23)30-13(5-8-25-30)18(26-12)29-9-6-22(7-10-29)11-14-15(27-19(24)33-14)16(22)28-20(31)32-21(2,3)4/h5,8,16H,6-7,9-11H2,1-4H3,(H,28,31)/t16-/m1/s1. The first kappa shape index (κ1) is 22.9. The molecule has 11 heteroatoms. The molecule has 176 valence electrons. The van der Waals surface area contributed by atoms with Gasteiger partial charge in [-0.3, -0.25) is 0 Å². The minimum atomic E-state index is -0.566. The monoisotopic (exact) mass is 552 g/mol. The van der Waals surface area contributed by atoms with Crippen LogP contribution in [0, 0.1) is 12.3 Å². The molecule has 5 rings (SSSR count). The first-order valence-corrected chi connectivity index (χ1v) is 12.9. The second-order valence-corrected chi connectivity index (χ2v) is 12.2. The predicted octanol–water partition coefficient (Wildman–Crippen LogP) is 5.32. The van der Waals surface area contributed by atoms with Gasteiger partial charge in [0.25, 0.3) is 0 Å². The lowest BCUT2D eigenvalue weighted by Gasteiger charge is -2.43. The summed E-state index contributed by atoms with van der Waals surface area (Å²) in [6.07, 6.45) is 4.02. The average Bonchev–Trinajstić information content (AvgIpc) is 3.40. The lowest BCUT2D eigenvalue weighted by molar-refractivity contribution is 0.0425. The number of fused-ring (bicyclic) bond motifs is 2.